The number of aliphatic hydroxyl groups is 1. The van der Waals surface area contributed by atoms with Crippen molar-refractivity contribution in [3.05, 3.63) is 157 Å². The number of amides is 6. The number of nitrogens with zero attached hydrogens (tertiary/aromatic N) is 2. The number of fused-ring (bicyclic) bond motifs is 8. The van der Waals surface area contributed by atoms with Crippen LogP contribution in [0.2, 0.25) is 0 Å². The molecule has 2 aromatic heterocycles. The number of aryl methyl sites for hydroxylation is 1. The van der Waals surface area contributed by atoms with Crippen molar-refractivity contribution in [1.29, 1.82) is 0 Å². The minimum atomic E-state index is -2.05. The number of benzene rings is 4. The third-order valence-corrected chi connectivity index (χ3v) is 15.7. The van der Waals surface area contributed by atoms with Crippen LogP contribution in [0, 0.1) is 12.7 Å². The molecule has 21 nitrogen and oxygen atoms in total. The molecule has 4 atom stereocenters. The van der Waals surface area contributed by atoms with Gasteiger partial charge in [-0.25, -0.2) is 19.0 Å². The Balaban J connectivity index is 0.725. The first-order valence-electron chi connectivity index (χ1n) is 27.0. The first-order valence-corrected chi connectivity index (χ1v) is 27.0. The lowest BCUT2D eigenvalue weighted by molar-refractivity contribution is -0.172. The van der Waals surface area contributed by atoms with Gasteiger partial charge in [0.1, 0.15) is 31.1 Å². The molecule has 8 N–H and O–H groups in total. The number of carboxylic acids is 1. The van der Waals surface area contributed by atoms with Crippen molar-refractivity contribution < 1.29 is 62.4 Å². The molecule has 2 aliphatic heterocycles. The van der Waals surface area contributed by atoms with E-state index in [0.29, 0.717) is 57.4 Å². The molecule has 2 aliphatic carbocycles. The fourth-order valence-corrected chi connectivity index (χ4v) is 11.6. The van der Waals surface area contributed by atoms with Crippen molar-refractivity contribution >= 4 is 58.5 Å². The molecule has 0 radical (unpaired) electrons. The van der Waals surface area contributed by atoms with Crippen molar-refractivity contribution in [3.8, 4) is 22.5 Å². The zero-order valence-corrected chi connectivity index (χ0v) is 44.8. The monoisotopic (exact) mass is 1120 g/mol. The Kier molecular flexibility index (Phi) is 16.0. The molecule has 4 aromatic carbocycles. The molecule has 22 heteroatoms. The number of aliphatic carboxylic acids is 1. The van der Waals surface area contributed by atoms with Gasteiger partial charge in [0.2, 0.25) is 29.5 Å². The van der Waals surface area contributed by atoms with E-state index in [2.05, 4.69) is 31.9 Å². The predicted octanol–water partition coefficient (Wildman–Crippen LogP) is 3.87. The summed E-state index contributed by atoms with van der Waals surface area (Å²) in [6.45, 7) is 1.68. The highest BCUT2D eigenvalue weighted by Crippen LogP contribution is 2.47. The van der Waals surface area contributed by atoms with Crippen LogP contribution in [0.15, 0.2) is 95.8 Å². The maximum Gasteiger partial charge on any atom is 0.407 e. The van der Waals surface area contributed by atoms with Gasteiger partial charge in [0.05, 0.1) is 54.6 Å². The SMILES string of the molecule is CC[C@@]1(O)C(=O)OCc2c1cc1n(c2=O)Cc2c-1nc1cc(F)c(C)c3c1c2[C@@H](NC(=O)CCCNC(=O)[C@H](Cc1ccccc1)NC(=O)CNC(=O)CNC(=O)[C@H](CC(=O)O)NC(=O)OCC1c2ccccc2-c2ccccc21)CC3. The van der Waals surface area contributed by atoms with Crippen LogP contribution in [0.1, 0.15) is 101 Å². The van der Waals surface area contributed by atoms with E-state index in [1.54, 1.807) is 50.2 Å². The van der Waals surface area contributed by atoms with E-state index in [1.165, 1.54) is 10.6 Å². The van der Waals surface area contributed by atoms with E-state index in [9.17, 15) is 53.4 Å². The standard InChI is InChI=1S/C60H59FN8O13/c1-3-60(80)41-23-47-54-38(28-69(47)57(77)40(41)30-81-58(60)78)53-43(20-19-33-31(2)42(61)24-44(67-54)52(33)53)65-48(70)18-11-21-62-55(75)45(22-32-12-5-4-6-13-32)66-50(72)27-63-49(71)26-64-56(76)46(25-51(73)74)68-59(79)82-29-39-36-16-9-7-14-34(36)35-15-8-10-17-37(35)39/h4-10,12-17,23-24,39,43,45-46,80H,3,11,18-22,25-30H2,1-2H3,(H,62,75)(H,63,71)(H,64,76)(H,65,70)(H,66,72)(H,68,79)(H,73,74)/t43-,45-,46-,60-/m0/s1. The molecular weight excluding hydrogens is 1060 g/mol. The van der Waals surface area contributed by atoms with Crippen molar-refractivity contribution in [2.75, 3.05) is 26.2 Å². The summed E-state index contributed by atoms with van der Waals surface area (Å²) in [5.74, 6) is -6.53. The first kappa shape index (κ1) is 56.0. The number of carboxylic acid groups (broad SMARTS) is 1. The zero-order chi connectivity index (χ0) is 58.0. The van der Waals surface area contributed by atoms with E-state index in [1.807, 2.05) is 48.5 Å². The topological polar surface area (TPSA) is 303 Å². The molecule has 82 heavy (non-hydrogen) atoms. The maximum absolute atomic E-state index is 15.5. The number of hydrogen-bond donors (Lipinski definition) is 8. The highest BCUT2D eigenvalue weighted by molar-refractivity contribution is 5.96. The van der Waals surface area contributed by atoms with Gasteiger partial charge in [0.15, 0.2) is 5.60 Å². The van der Waals surface area contributed by atoms with Gasteiger partial charge in [-0.1, -0.05) is 85.8 Å². The molecule has 0 fully saturated rings. The Morgan fingerprint density at radius 1 is 0.829 bits per heavy atom. The van der Waals surface area contributed by atoms with Gasteiger partial charge in [0.25, 0.3) is 5.56 Å². The van der Waals surface area contributed by atoms with Gasteiger partial charge in [-0.2, -0.15) is 0 Å². The van der Waals surface area contributed by atoms with Gasteiger partial charge < -0.3 is 56.2 Å². The summed E-state index contributed by atoms with van der Waals surface area (Å²) >= 11 is 0. The van der Waals surface area contributed by atoms with E-state index >= 15 is 4.39 Å². The van der Waals surface area contributed by atoms with Crippen LogP contribution in [-0.4, -0.2) is 106 Å². The zero-order valence-electron chi connectivity index (χ0n) is 44.8. The molecule has 0 saturated carbocycles. The Hall–Kier alpha value is -9.31. The van der Waals surface area contributed by atoms with Crippen LogP contribution in [0.5, 0.6) is 0 Å². The largest absolute Gasteiger partial charge is 0.481 e. The molecule has 6 amide bonds. The molecule has 424 valence electrons. The molecule has 4 heterocycles. The third kappa shape index (κ3) is 11.1. The molecule has 4 aliphatic rings. The van der Waals surface area contributed by atoms with Gasteiger partial charge in [0, 0.05) is 47.9 Å². The molecule has 10 rings (SSSR count). The molecule has 6 aromatic rings. The lowest BCUT2D eigenvalue weighted by Crippen LogP contribution is -2.52. The Bertz CT molecular complexity index is 3640. The van der Waals surface area contributed by atoms with E-state index < -0.39 is 96.3 Å². The van der Waals surface area contributed by atoms with Crippen molar-refractivity contribution in [2.24, 2.45) is 0 Å². The van der Waals surface area contributed by atoms with Crippen molar-refractivity contribution in [3.63, 3.8) is 0 Å². The van der Waals surface area contributed by atoms with Gasteiger partial charge >= 0.3 is 18.0 Å². The Morgan fingerprint density at radius 2 is 1.51 bits per heavy atom. The molecule has 0 unspecified atom stereocenters. The van der Waals surface area contributed by atoms with Crippen LogP contribution >= 0.6 is 0 Å². The maximum atomic E-state index is 15.5. The number of aromatic nitrogens is 2. The van der Waals surface area contributed by atoms with E-state index in [0.717, 1.165) is 27.8 Å². The summed E-state index contributed by atoms with van der Waals surface area (Å²) in [5, 5.41) is 37.1. The highest BCUT2D eigenvalue weighted by Gasteiger charge is 2.46. The first-order chi connectivity index (χ1) is 39.4. The second kappa shape index (κ2) is 23.4. The van der Waals surface area contributed by atoms with Crippen LogP contribution in [0.4, 0.5) is 9.18 Å². The van der Waals surface area contributed by atoms with Crippen molar-refractivity contribution in [1.82, 2.24) is 41.5 Å². The minimum absolute atomic E-state index is 0.0284. The average Bonchev–Trinajstić information content (AvgIpc) is 2.26. The van der Waals surface area contributed by atoms with Crippen LogP contribution in [0.3, 0.4) is 0 Å². The quantitative estimate of drug-likeness (QED) is 0.0397. The van der Waals surface area contributed by atoms with Crippen LogP contribution < -0.4 is 37.5 Å². The number of pyridine rings is 2. The normalized spacial score (nSPS) is 16.9. The summed E-state index contributed by atoms with van der Waals surface area (Å²) in [5.41, 5.74) is 5.93. The second-order valence-electron chi connectivity index (χ2n) is 20.8. The number of carbonyl (C=O) groups excluding carboxylic acids is 7. The highest BCUT2D eigenvalue weighted by atomic mass is 19.1. The molecule has 0 spiro atoms. The fourth-order valence-electron chi connectivity index (χ4n) is 11.6. The molecule has 0 saturated heterocycles. The van der Waals surface area contributed by atoms with E-state index in [4.69, 9.17) is 14.5 Å². The number of cyclic esters (lactones) is 1. The van der Waals surface area contributed by atoms with Gasteiger partial charge in [-0.3, -0.25) is 33.6 Å². The van der Waals surface area contributed by atoms with Gasteiger partial charge in [-0.05, 0) is 83.2 Å². The summed E-state index contributed by atoms with van der Waals surface area (Å²) < 4.78 is 27.7. The number of alkyl carbamates (subject to hydrolysis) is 1. The Morgan fingerprint density at radius 3 is 2.22 bits per heavy atom. The number of rotatable bonds is 20. The lowest BCUT2D eigenvalue weighted by Gasteiger charge is -2.31. The lowest BCUT2D eigenvalue weighted by atomic mass is 9.81. The predicted molar refractivity (Wildman–Crippen MR) is 293 cm³/mol. The van der Waals surface area contributed by atoms with Crippen molar-refractivity contribution in [2.45, 2.75) is 102 Å². The average molecular weight is 1120 g/mol. The van der Waals surface area contributed by atoms with E-state index in [-0.39, 0.29) is 74.9 Å². The number of esters is 1. The summed E-state index contributed by atoms with van der Waals surface area (Å²) in [4.78, 5) is 123. The number of hydrogen-bond acceptors (Lipinski definition) is 13. The number of ether oxygens (including phenoxy) is 2. The number of nitrogens with one attached hydrogen (secondary N) is 6. The number of halogens is 1. The van der Waals surface area contributed by atoms with Crippen LogP contribution in [-0.2, 0) is 74.6 Å². The summed E-state index contributed by atoms with van der Waals surface area (Å²) in [6.07, 6.45) is -0.872. The minimum Gasteiger partial charge on any atom is -0.481 e. The Labute approximate surface area is 468 Å². The second-order valence-corrected chi connectivity index (χ2v) is 20.8. The van der Waals surface area contributed by atoms with Crippen LogP contribution in [0.25, 0.3) is 33.4 Å². The van der Waals surface area contributed by atoms with Gasteiger partial charge in [-0.15, -0.1) is 0 Å². The smallest absolute Gasteiger partial charge is 0.407 e. The molecular formula is C60H59FN8O13. The summed E-state index contributed by atoms with van der Waals surface area (Å²) in [6, 6.07) is 23.8. The molecule has 0 bridgehead atoms. The summed E-state index contributed by atoms with van der Waals surface area (Å²) in [7, 11) is 0. The number of carbonyl (C=O) groups is 8. The fraction of sp³-hybridized carbons (Fsp3) is 0.333. The third-order valence-electron chi connectivity index (χ3n) is 15.7.